The number of para-hydroxylation sites is 1. The Labute approximate surface area is 229 Å². The number of anilines is 1. The van der Waals surface area contributed by atoms with Crippen LogP contribution in [0.15, 0.2) is 77.4 Å². The number of benzene rings is 3. The summed E-state index contributed by atoms with van der Waals surface area (Å²) in [5.74, 6) is 1.27. The van der Waals surface area contributed by atoms with E-state index in [1.165, 1.54) is 28.7 Å². The molecule has 1 aromatic heterocycles. The van der Waals surface area contributed by atoms with Crippen LogP contribution in [-0.2, 0) is 4.79 Å². The van der Waals surface area contributed by atoms with Crippen molar-refractivity contribution >= 4 is 61.2 Å². The van der Waals surface area contributed by atoms with E-state index in [1.54, 1.807) is 32.4 Å². The summed E-state index contributed by atoms with van der Waals surface area (Å²) < 4.78 is 11.8. The number of hydrogen-bond acceptors (Lipinski definition) is 8. The molecule has 194 valence electrons. The number of ether oxygens (including phenoxy) is 2. The summed E-state index contributed by atoms with van der Waals surface area (Å²) >= 11 is 2.86. The van der Waals surface area contributed by atoms with E-state index in [1.807, 2.05) is 36.4 Å². The van der Waals surface area contributed by atoms with E-state index in [4.69, 9.17) is 25.2 Å². The van der Waals surface area contributed by atoms with E-state index in [-0.39, 0.29) is 5.91 Å². The third-order valence-electron chi connectivity index (χ3n) is 6.22. The molecule has 4 aromatic rings. The molecule has 5 rings (SSSR count). The predicted molar refractivity (Wildman–Crippen MR) is 158 cm³/mol. The highest BCUT2D eigenvalue weighted by Gasteiger charge is 2.37. The van der Waals surface area contributed by atoms with Crippen molar-refractivity contribution in [2.75, 3.05) is 19.5 Å². The number of amides is 1. The van der Waals surface area contributed by atoms with Crippen LogP contribution >= 0.6 is 23.1 Å². The SMILES string of the molecule is COc1ccc(OC)c(NC(=O)C2SC(=Nc3ccc(C(C)C)cc3)C(c3nc4ccccc4s3)=C2N)c1. The first-order valence-corrected chi connectivity index (χ1v) is 13.8. The Morgan fingerprint density at radius 1 is 1.05 bits per heavy atom. The summed E-state index contributed by atoms with van der Waals surface area (Å²) in [6.07, 6.45) is 0. The van der Waals surface area contributed by atoms with Crippen LogP contribution in [0.25, 0.3) is 15.8 Å². The smallest absolute Gasteiger partial charge is 0.244 e. The van der Waals surface area contributed by atoms with Gasteiger partial charge in [0.2, 0.25) is 5.91 Å². The Morgan fingerprint density at radius 2 is 1.82 bits per heavy atom. The van der Waals surface area contributed by atoms with Gasteiger partial charge in [0.15, 0.2) is 0 Å². The van der Waals surface area contributed by atoms with Crippen LogP contribution in [-0.4, -0.2) is 35.4 Å². The number of nitrogens with zero attached hydrogens (tertiary/aromatic N) is 2. The minimum Gasteiger partial charge on any atom is -0.497 e. The Morgan fingerprint density at radius 3 is 2.50 bits per heavy atom. The zero-order valence-corrected chi connectivity index (χ0v) is 23.2. The third-order valence-corrected chi connectivity index (χ3v) is 8.49. The highest BCUT2D eigenvalue weighted by Crippen LogP contribution is 2.42. The van der Waals surface area contributed by atoms with Crippen molar-refractivity contribution in [3.63, 3.8) is 0 Å². The van der Waals surface area contributed by atoms with E-state index < -0.39 is 5.25 Å². The number of methoxy groups -OCH3 is 2. The van der Waals surface area contributed by atoms with Crippen LogP contribution < -0.4 is 20.5 Å². The minimum absolute atomic E-state index is 0.280. The van der Waals surface area contributed by atoms with Crippen molar-refractivity contribution in [1.82, 2.24) is 4.98 Å². The maximum atomic E-state index is 13.5. The molecule has 38 heavy (non-hydrogen) atoms. The van der Waals surface area contributed by atoms with Crippen LogP contribution in [0.3, 0.4) is 0 Å². The molecule has 1 amide bonds. The second kappa shape index (κ2) is 10.9. The zero-order chi connectivity index (χ0) is 26.8. The van der Waals surface area contributed by atoms with Gasteiger partial charge in [-0.2, -0.15) is 0 Å². The maximum Gasteiger partial charge on any atom is 0.244 e. The first kappa shape index (κ1) is 25.8. The molecule has 3 N–H and O–H groups in total. The van der Waals surface area contributed by atoms with Gasteiger partial charge >= 0.3 is 0 Å². The highest BCUT2D eigenvalue weighted by atomic mass is 32.2. The molecular formula is C29H28N4O3S2. The van der Waals surface area contributed by atoms with Gasteiger partial charge in [-0.05, 0) is 47.9 Å². The van der Waals surface area contributed by atoms with Gasteiger partial charge in [0.1, 0.15) is 26.8 Å². The monoisotopic (exact) mass is 544 g/mol. The van der Waals surface area contributed by atoms with Crippen LogP contribution in [0.4, 0.5) is 11.4 Å². The molecule has 0 radical (unpaired) electrons. The van der Waals surface area contributed by atoms with Gasteiger partial charge in [0.05, 0.1) is 41.4 Å². The second-order valence-electron chi connectivity index (χ2n) is 9.03. The first-order chi connectivity index (χ1) is 18.4. The summed E-state index contributed by atoms with van der Waals surface area (Å²) in [5.41, 5.74) is 11.2. The van der Waals surface area contributed by atoms with Gasteiger partial charge in [0, 0.05) is 11.8 Å². The van der Waals surface area contributed by atoms with Crippen molar-refractivity contribution in [2.24, 2.45) is 10.7 Å². The summed E-state index contributed by atoms with van der Waals surface area (Å²) in [6, 6.07) is 21.3. The Hall–Kier alpha value is -3.82. The molecule has 1 unspecified atom stereocenters. The van der Waals surface area contributed by atoms with Crippen LogP contribution in [0.2, 0.25) is 0 Å². The topological polar surface area (TPSA) is 98.8 Å². The van der Waals surface area contributed by atoms with Crippen LogP contribution in [0, 0.1) is 0 Å². The van der Waals surface area contributed by atoms with Crippen LogP contribution in [0.1, 0.15) is 30.3 Å². The molecule has 3 aromatic carbocycles. The Bertz CT molecular complexity index is 1520. The lowest BCUT2D eigenvalue weighted by Crippen LogP contribution is -2.28. The minimum atomic E-state index is -0.693. The number of nitrogens with one attached hydrogen (secondary N) is 1. The molecule has 9 heteroatoms. The van der Waals surface area contributed by atoms with Crippen molar-refractivity contribution in [3.8, 4) is 11.5 Å². The van der Waals surface area contributed by atoms with E-state index in [2.05, 4.69) is 31.3 Å². The number of thiazole rings is 1. The molecule has 2 heterocycles. The zero-order valence-electron chi connectivity index (χ0n) is 21.5. The summed E-state index contributed by atoms with van der Waals surface area (Å²) in [4.78, 5) is 23.3. The number of fused-ring (bicyclic) bond motifs is 1. The fourth-order valence-electron chi connectivity index (χ4n) is 4.12. The van der Waals surface area contributed by atoms with Crippen molar-refractivity contribution in [2.45, 2.75) is 25.0 Å². The molecule has 7 nitrogen and oxygen atoms in total. The van der Waals surface area contributed by atoms with Gasteiger partial charge in [-0.3, -0.25) is 4.79 Å². The molecular weight excluding hydrogens is 516 g/mol. The number of hydrogen-bond donors (Lipinski definition) is 2. The molecule has 0 spiro atoms. The number of nitrogens with two attached hydrogens (primary N) is 1. The Balaban J connectivity index is 1.54. The predicted octanol–water partition coefficient (Wildman–Crippen LogP) is 6.59. The number of thioether (sulfide) groups is 1. The quantitative estimate of drug-likeness (QED) is 0.272. The van der Waals surface area contributed by atoms with E-state index in [9.17, 15) is 4.79 Å². The van der Waals surface area contributed by atoms with Crippen molar-refractivity contribution < 1.29 is 14.3 Å². The van der Waals surface area contributed by atoms with Crippen LogP contribution in [0.5, 0.6) is 11.5 Å². The van der Waals surface area contributed by atoms with Crippen molar-refractivity contribution in [1.29, 1.82) is 0 Å². The fraction of sp³-hybridized carbons (Fsp3) is 0.207. The number of aromatic nitrogens is 1. The molecule has 0 bridgehead atoms. The molecule has 0 saturated heterocycles. The van der Waals surface area contributed by atoms with Gasteiger partial charge in [-0.25, -0.2) is 9.98 Å². The first-order valence-electron chi connectivity index (χ1n) is 12.1. The highest BCUT2D eigenvalue weighted by molar-refractivity contribution is 8.16. The number of aliphatic imine (C=N–C) groups is 1. The lowest BCUT2D eigenvalue weighted by molar-refractivity contribution is -0.115. The van der Waals surface area contributed by atoms with E-state index >= 15 is 0 Å². The standard InChI is InChI=1S/C29H28N4O3S2/c1-16(2)17-9-11-18(12-10-17)31-28-24(29-33-20-7-5-6-8-23(20)37-29)25(30)26(38-28)27(34)32-21-15-19(35-3)13-14-22(21)36-4/h5-16,26H,30H2,1-4H3,(H,32,34). The number of carbonyl (C=O) groups excluding carboxylic acids is 1. The lowest BCUT2D eigenvalue weighted by Gasteiger charge is -2.15. The Kier molecular flexibility index (Phi) is 7.40. The molecule has 0 saturated carbocycles. The van der Waals surface area contributed by atoms with Gasteiger partial charge in [-0.1, -0.05) is 49.9 Å². The fourth-order valence-corrected chi connectivity index (χ4v) is 6.34. The van der Waals surface area contributed by atoms with Gasteiger partial charge in [-0.15, -0.1) is 11.3 Å². The molecule has 1 aliphatic rings. The largest absolute Gasteiger partial charge is 0.497 e. The summed E-state index contributed by atoms with van der Waals surface area (Å²) in [5, 5.41) is 3.67. The van der Waals surface area contributed by atoms with Gasteiger partial charge in [0.25, 0.3) is 0 Å². The average molecular weight is 545 g/mol. The normalized spacial score (nSPS) is 16.4. The van der Waals surface area contributed by atoms with Gasteiger partial charge < -0.3 is 20.5 Å². The summed E-state index contributed by atoms with van der Waals surface area (Å²) in [7, 11) is 3.12. The molecule has 0 aliphatic carbocycles. The average Bonchev–Trinajstić information content (AvgIpc) is 3.49. The van der Waals surface area contributed by atoms with E-state index in [0.29, 0.717) is 39.4 Å². The maximum absolute atomic E-state index is 13.5. The van der Waals surface area contributed by atoms with Crippen molar-refractivity contribution in [3.05, 3.63) is 83.0 Å². The number of carbonyl (C=O) groups is 1. The molecule has 0 fully saturated rings. The lowest BCUT2D eigenvalue weighted by atomic mass is 10.0. The molecule has 1 aliphatic heterocycles. The second-order valence-corrected chi connectivity index (χ2v) is 11.2. The number of rotatable bonds is 7. The third kappa shape index (κ3) is 5.12. The molecule has 1 atom stereocenters. The van der Waals surface area contributed by atoms with E-state index in [0.717, 1.165) is 20.9 Å². The summed E-state index contributed by atoms with van der Waals surface area (Å²) in [6.45, 7) is 4.31.